The highest BCUT2D eigenvalue weighted by atomic mass is 32.1. The summed E-state index contributed by atoms with van der Waals surface area (Å²) in [5, 5.41) is 2.94. The van der Waals surface area contributed by atoms with E-state index >= 15 is 0 Å². The standard InChI is InChI=1S/C12H16N4O2S/c1-8-9(19-7-16-8)4-5-18-12-10(17-3)11(13-2)14-6-15-12/h6-7H,4-5H2,1-3H3,(H,13,14,15). The molecule has 0 saturated carbocycles. The van der Waals surface area contributed by atoms with Crippen molar-refractivity contribution in [3.05, 3.63) is 22.4 Å². The van der Waals surface area contributed by atoms with Crippen LogP contribution >= 0.6 is 11.3 Å². The molecule has 0 unspecified atom stereocenters. The second-order valence-corrected chi connectivity index (χ2v) is 4.71. The van der Waals surface area contributed by atoms with Crippen molar-refractivity contribution in [2.24, 2.45) is 0 Å². The second kappa shape index (κ2) is 6.33. The number of rotatable bonds is 6. The van der Waals surface area contributed by atoms with Crippen LogP contribution < -0.4 is 14.8 Å². The van der Waals surface area contributed by atoms with Gasteiger partial charge in [0, 0.05) is 18.3 Å². The Morgan fingerprint density at radius 1 is 1.32 bits per heavy atom. The molecule has 0 saturated heterocycles. The molecule has 1 N–H and O–H groups in total. The van der Waals surface area contributed by atoms with Gasteiger partial charge in [0.25, 0.3) is 5.88 Å². The molecule has 2 aromatic rings. The number of aryl methyl sites for hydroxylation is 1. The van der Waals surface area contributed by atoms with E-state index in [4.69, 9.17) is 9.47 Å². The van der Waals surface area contributed by atoms with E-state index < -0.39 is 0 Å². The van der Waals surface area contributed by atoms with E-state index in [2.05, 4.69) is 20.3 Å². The Labute approximate surface area is 115 Å². The van der Waals surface area contributed by atoms with Gasteiger partial charge in [-0.05, 0) is 6.92 Å². The Kier molecular flexibility index (Phi) is 4.51. The fourth-order valence-corrected chi connectivity index (χ4v) is 2.39. The summed E-state index contributed by atoms with van der Waals surface area (Å²) in [6.45, 7) is 2.52. The van der Waals surface area contributed by atoms with Crippen molar-refractivity contribution >= 4 is 17.2 Å². The fourth-order valence-electron chi connectivity index (χ4n) is 1.63. The molecule has 0 amide bonds. The molecule has 7 heteroatoms. The van der Waals surface area contributed by atoms with E-state index in [1.165, 1.54) is 11.2 Å². The molecule has 0 aliphatic rings. The first-order chi connectivity index (χ1) is 9.26. The van der Waals surface area contributed by atoms with Crippen LogP contribution in [-0.4, -0.2) is 35.7 Å². The van der Waals surface area contributed by atoms with Crippen LogP contribution in [0.2, 0.25) is 0 Å². The molecule has 2 rings (SSSR count). The summed E-state index contributed by atoms with van der Waals surface area (Å²) in [6, 6.07) is 0. The number of nitrogens with one attached hydrogen (secondary N) is 1. The summed E-state index contributed by atoms with van der Waals surface area (Å²) in [6.07, 6.45) is 2.25. The summed E-state index contributed by atoms with van der Waals surface area (Å²) in [7, 11) is 3.34. The van der Waals surface area contributed by atoms with Gasteiger partial charge in [0.1, 0.15) is 6.33 Å². The zero-order chi connectivity index (χ0) is 13.7. The Balaban J connectivity index is 2.01. The van der Waals surface area contributed by atoms with Crippen molar-refractivity contribution in [1.29, 1.82) is 0 Å². The Morgan fingerprint density at radius 2 is 2.16 bits per heavy atom. The minimum absolute atomic E-state index is 0.448. The fraction of sp³-hybridized carbons (Fsp3) is 0.417. The number of aromatic nitrogens is 3. The molecule has 0 bridgehead atoms. The maximum absolute atomic E-state index is 5.66. The molecule has 102 valence electrons. The number of anilines is 1. The van der Waals surface area contributed by atoms with Gasteiger partial charge >= 0.3 is 0 Å². The Hall–Kier alpha value is -1.89. The van der Waals surface area contributed by atoms with Gasteiger partial charge in [-0.15, -0.1) is 11.3 Å². The summed E-state index contributed by atoms with van der Waals surface area (Å²) in [4.78, 5) is 13.6. The first-order valence-electron chi connectivity index (χ1n) is 5.84. The number of ether oxygens (including phenoxy) is 2. The minimum Gasteiger partial charge on any atom is -0.489 e. The molecule has 0 atom stereocenters. The number of nitrogens with zero attached hydrogens (tertiary/aromatic N) is 3. The van der Waals surface area contributed by atoms with Crippen LogP contribution in [0.25, 0.3) is 0 Å². The van der Waals surface area contributed by atoms with Gasteiger partial charge < -0.3 is 14.8 Å². The van der Waals surface area contributed by atoms with Gasteiger partial charge in [0.2, 0.25) is 5.75 Å². The van der Waals surface area contributed by atoms with Crippen LogP contribution in [0.5, 0.6) is 11.6 Å². The highest BCUT2D eigenvalue weighted by Crippen LogP contribution is 2.30. The van der Waals surface area contributed by atoms with Crippen LogP contribution in [0.4, 0.5) is 5.82 Å². The topological polar surface area (TPSA) is 69.2 Å². The summed E-state index contributed by atoms with van der Waals surface area (Å²) in [5.74, 6) is 1.58. The monoisotopic (exact) mass is 280 g/mol. The summed E-state index contributed by atoms with van der Waals surface area (Å²) < 4.78 is 10.9. The molecule has 0 aliphatic heterocycles. The van der Waals surface area contributed by atoms with Crippen molar-refractivity contribution in [3.63, 3.8) is 0 Å². The highest BCUT2D eigenvalue weighted by Gasteiger charge is 2.12. The van der Waals surface area contributed by atoms with Crippen LogP contribution in [0.1, 0.15) is 10.6 Å². The maximum atomic E-state index is 5.66. The number of thiazole rings is 1. The molecule has 19 heavy (non-hydrogen) atoms. The zero-order valence-electron chi connectivity index (χ0n) is 11.1. The van der Waals surface area contributed by atoms with Gasteiger partial charge in [-0.3, -0.25) is 0 Å². The number of hydrogen-bond donors (Lipinski definition) is 1. The van der Waals surface area contributed by atoms with E-state index in [1.807, 2.05) is 12.4 Å². The van der Waals surface area contributed by atoms with Gasteiger partial charge in [-0.1, -0.05) is 0 Å². The summed E-state index contributed by atoms with van der Waals surface area (Å²) >= 11 is 1.63. The van der Waals surface area contributed by atoms with Gasteiger partial charge in [0.05, 0.1) is 24.9 Å². The van der Waals surface area contributed by atoms with Crippen molar-refractivity contribution in [3.8, 4) is 11.6 Å². The van der Waals surface area contributed by atoms with Crippen molar-refractivity contribution in [2.75, 3.05) is 26.1 Å². The second-order valence-electron chi connectivity index (χ2n) is 3.77. The summed E-state index contributed by atoms with van der Waals surface area (Å²) in [5.41, 5.74) is 2.90. The van der Waals surface area contributed by atoms with Crippen LogP contribution in [0.3, 0.4) is 0 Å². The van der Waals surface area contributed by atoms with E-state index in [-0.39, 0.29) is 0 Å². The molecule has 0 radical (unpaired) electrons. The van der Waals surface area contributed by atoms with E-state index in [0.29, 0.717) is 24.1 Å². The average molecular weight is 280 g/mol. The third-order valence-corrected chi connectivity index (χ3v) is 3.62. The lowest BCUT2D eigenvalue weighted by Gasteiger charge is -2.11. The molecule has 2 aromatic heterocycles. The van der Waals surface area contributed by atoms with Gasteiger partial charge in [-0.2, -0.15) is 4.98 Å². The van der Waals surface area contributed by atoms with E-state index in [0.717, 1.165) is 12.1 Å². The minimum atomic E-state index is 0.448. The first kappa shape index (κ1) is 13.5. The van der Waals surface area contributed by atoms with E-state index in [9.17, 15) is 0 Å². The number of methoxy groups -OCH3 is 1. The van der Waals surface area contributed by atoms with E-state index in [1.54, 1.807) is 25.5 Å². The smallest absolute Gasteiger partial charge is 0.262 e. The molecule has 0 spiro atoms. The Morgan fingerprint density at radius 3 is 2.79 bits per heavy atom. The van der Waals surface area contributed by atoms with Crippen LogP contribution in [0.15, 0.2) is 11.8 Å². The predicted molar refractivity (Wildman–Crippen MR) is 74.2 cm³/mol. The van der Waals surface area contributed by atoms with Gasteiger partial charge in [0.15, 0.2) is 5.82 Å². The van der Waals surface area contributed by atoms with Crippen molar-refractivity contribution in [1.82, 2.24) is 15.0 Å². The SMILES string of the molecule is CNc1ncnc(OCCc2scnc2C)c1OC. The predicted octanol–water partition coefficient (Wildman–Crippen LogP) is 1.91. The molecule has 2 heterocycles. The highest BCUT2D eigenvalue weighted by molar-refractivity contribution is 7.09. The molecule has 0 aliphatic carbocycles. The van der Waals surface area contributed by atoms with Crippen molar-refractivity contribution in [2.45, 2.75) is 13.3 Å². The zero-order valence-corrected chi connectivity index (χ0v) is 12.0. The van der Waals surface area contributed by atoms with Crippen LogP contribution in [0, 0.1) is 6.92 Å². The lowest BCUT2D eigenvalue weighted by atomic mass is 10.3. The largest absolute Gasteiger partial charge is 0.489 e. The molecular weight excluding hydrogens is 264 g/mol. The normalized spacial score (nSPS) is 10.3. The van der Waals surface area contributed by atoms with Gasteiger partial charge in [-0.25, -0.2) is 9.97 Å². The third-order valence-electron chi connectivity index (χ3n) is 2.62. The molecule has 6 nitrogen and oxygen atoms in total. The lowest BCUT2D eigenvalue weighted by Crippen LogP contribution is -2.06. The maximum Gasteiger partial charge on any atom is 0.262 e. The van der Waals surface area contributed by atoms with Crippen molar-refractivity contribution < 1.29 is 9.47 Å². The lowest BCUT2D eigenvalue weighted by molar-refractivity contribution is 0.285. The average Bonchev–Trinajstić information content (AvgIpc) is 2.84. The molecular formula is C12H16N4O2S. The number of hydrogen-bond acceptors (Lipinski definition) is 7. The quantitative estimate of drug-likeness (QED) is 0.871. The molecule has 0 fully saturated rings. The molecule has 0 aromatic carbocycles. The third kappa shape index (κ3) is 3.11. The Bertz CT molecular complexity index is 544. The first-order valence-corrected chi connectivity index (χ1v) is 6.72. The van der Waals surface area contributed by atoms with Crippen LogP contribution in [-0.2, 0) is 6.42 Å².